The molecule has 0 spiro atoms. The Morgan fingerprint density at radius 2 is 2.17 bits per heavy atom. The average Bonchev–Trinajstić information content (AvgIpc) is 2.32. The van der Waals surface area contributed by atoms with E-state index in [0.717, 1.165) is 25.9 Å². The monoisotopic (exact) mass is 288 g/mol. The fourth-order valence-electron chi connectivity index (χ4n) is 2.13. The van der Waals surface area contributed by atoms with Crippen molar-refractivity contribution in [2.24, 2.45) is 5.92 Å². The zero-order valence-corrected chi connectivity index (χ0v) is 11.6. The van der Waals surface area contributed by atoms with E-state index in [4.69, 9.17) is 11.6 Å². The van der Waals surface area contributed by atoms with E-state index in [2.05, 4.69) is 10.0 Å². The Balaban J connectivity index is 2.01. The molecule has 100 valence electrons. The molecule has 1 fully saturated rings. The van der Waals surface area contributed by atoms with Crippen LogP contribution >= 0.6 is 11.6 Å². The zero-order valence-electron chi connectivity index (χ0n) is 10.0. The third-order valence-electron chi connectivity index (χ3n) is 2.99. The third-order valence-corrected chi connectivity index (χ3v) is 4.76. The van der Waals surface area contributed by atoms with Crippen LogP contribution in [0.5, 0.6) is 0 Å². The van der Waals surface area contributed by atoms with Gasteiger partial charge in [0.05, 0.1) is 16.5 Å². The average molecular weight is 289 g/mol. The van der Waals surface area contributed by atoms with Crippen LogP contribution in [0, 0.1) is 5.92 Å². The molecule has 18 heavy (non-hydrogen) atoms. The van der Waals surface area contributed by atoms with Crippen molar-refractivity contribution in [3.8, 4) is 0 Å². The first kappa shape index (κ1) is 13.6. The van der Waals surface area contributed by atoms with Crippen LogP contribution in [0.25, 0.3) is 0 Å². The van der Waals surface area contributed by atoms with Gasteiger partial charge in [0.2, 0.25) is 10.0 Å². The van der Waals surface area contributed by atoms with Crippen LogP contribution in [0.1, 0.15) is 12.8 Å². The van der Waals surface area contributed by atoms with E-state index in [1.165, 1.54) is 0 Å². The van der Waals surface area contributed by atoms with Gasteiger partial charge in [0.15, 0.2) is 0 Å². The van der Waals surface area contributed by atoms with Crippen LogP contribution in [-0.4, -0.2) is 27.3 Å². The summed E-state index contributed by atoms with van der Waals surface area (Å²) in [7, 11) is -3.33. The molecule has 1 heterocycles. The molecule has 1 aliphatic heterocycles. The highest BCUT2D eigenvalue weighted by Crippen LogP contribution is 2.22. The van der Waals surface area contributed by atoms with Gasteiger partial charge in [-0.15, -0.1) is 0 Å². The molecule has 2 rings (SSSR count). The van der Waals surface area contributed by atoms with Crippen molar-refractivity contribution in [2.75, 3.05) is 23.6 Å². The first-order valence-electron chi connectivity index (χ1n) is 6.02. The molecular weight excluding hydrogens is 272 g/mol. The quantitative estimate of drug-likeness (QED) is 0.892. The number of hydrogen-bond acceptors (Lipinski definition) is 3. The van der Waals surface area contributed by atoms with Gasteiger partial charge in [-0.05, 0) is 44.0 Å². The first-order valence-corrected chi connectivity index (χ1v) is 8.05. The highest BCUT2D eigenvalue weighted by molar-refractivity contribution is 7.92. The molecule has 0 amide bonds. The van der Waals surface area contributed by atoms with Crippen LogP contribution in [-0.2, 0) is 10.0 Å². The summed E-state index contributed by atoms with van der Waals surface area (Å²) >= 11 is 5.93. The molecule has 1 aliphatic rings. The van der Waals surface area contributed by atoms with Gasteiger partial charge in [-0.3, -0.25) is 4.72 Å². The van der Waals surface area contributed by atoms with E-state index in [1.807, 2.05) is 0 Å². The number of anilines is 1. The van der Waals surface area contributed by atoms with Crippen LogP contribution < -0.4 is 10.0 Å². The second-order valence-corrected chi connectivity index (χ2v) is 6.75. The van der Waals surface area contributed by atoms with E-state index in [1.54, 1.807) is 24.3 Å². The summed E-state index contributed by atoms with van der Waals surface area (Å²) in [6.07, 6.45) is 1.99. The lowest BCUT2D eigenvalue weighted by Gasteiger charge is -2.22. The van der Waals surface area contributed by atoms with Crippen LogP contribution in [0.4, 0.5) is 5.69 Å². The second-order valence-electron chi connectivity index (χ2n) is 4.58. The van der Waals surface area contributed by atoms with E-state index in [9.17, 15) is 8.42 Å². The Bertz CT molecular complexity index is 499. The molecule has 0 aliphatic carbocycles. The summed E-state index contributed by atoms with van der Waals surface area (Å²) in [6.45, 7) is 1.75. The fourth-order valence-corrected chi connectivity index (χ4v) is 3.87. The number of sulfonamides is 1. The van der Waals surface area contributed by atoms with Gasteiger partial charge >= 0.3 is 0 Å². The Kier molecular flexibility index (Phi) is 4.48. The van der Waals surface area contributed by atoms with Crippen molar-refractivity contribution in [3.63, 3.8) is 0 Å². The normalized spacial score (nSPS) is 20.6. The molecular formula is C12H17ClN2O2S. The topological polar surface area (TPSA) is 58.2 Å². The van der Waals surface area contributed by atoms with E-state index < -0.39 is 10.0 Å². The predicted octanol–water partition coefficient (Wildman–Crippen LogP) is 2.08. The predicted molar refractivity (Wildman–Crippen MR) is 74.5 cm³/mol. The molecule has 4 nitrogen and oxygen atoms in total. The molecule has 1 saturated heterocycles. The van der Waals surface area contributed by atoms with Gasteiger partial charge in [-0.2, -0.15) is 0 Å². The number of rotatable bonds is 4. The summed E-state index contributed by atoms with van der Waals surface area (Å²) in [6, 6.07) is 6.86. The Labute approximate surface area is 113 Å². The Morgan fingerprint density at radius 1 is 1.39 bits per heavy atom. The molecule has 0 bridgehead atoms. The maximum atomic E-state index is 12.0. The van der Waals surface area contributed by atoms with Gasteiger partial charge in [0.1, 0.15) is 0 Å². The molecule has 2 N–H and O–H groups in total. The molecule has 1 unspecified atom stereocenters. The number of benzene rings is 1. The Hall–Kier alpha value is -0.780. The van der Waals surface area contributed by atoms with Crippen molar-refractivity contribution in [1.29, 1.82) is 0 Å². The lowest BCUT2D eigenvalue weighted by molar-refractivity contribution is 0.404. The van der Waals surface area contributed by atoms with Crippen LogP contribution in [0.2, 0.25) is 5.02 Å². The van der Waals surface area contributed by atoms with Crippen molar-refractivity contribution < 1.29 is 8.42 Å². The standard InChI is InChI=1S/C12H17ClN2O2S/c13-11-5-1-2-6-12(11)15-18(16,17)9-10-4-3-7-14-8-10/h1-2,5-6,10,14-15H,3-4,7-9H2. The fraction of sp³-hybridized carbons (Fsp3) is 0.500. The summed E-state index contributed by atoms with van der Waals surface area (Å²) in [5.74, 6) is 0.323. The maximum absolute atomic E-state index is 12.0. The maximum Gasteiger partial charge on any atom is 0.233 e. The minimum atomic E-state index is -3.33. The van der Waals surface area contributed by atoms with Gasteiger partial charge < -0.3 is 5.32 Å². The van der Waals surface area contributed by atoms with Gasteiger partial charge in [-0.25, -0.2) is 8.42 Å². The van der Waals surface area contributed by atoms with Gasteiger partial charge in [0, 0.05) is 0 Å². The van der Waals surface area contributed by atoms with Gasteiger partial charge in [0.25, 0.3) is 0 Å². The van der Waals surface area contributed by atoms with Gasteiger partial charge in [-0.1, -0.05) is 23.7 Å². The van der Waals surface area contributed by atoms with Crippen molar-refractivity contribution in [1.82, 2.24) is 5.32 Å². The molecule has 0 aromatic heterocycles. The first-order chi connectivity index (χ1) is 8.57. The van der Waals surface area contributed by atoms with Crippen LogP contribution in [0.15, 0.2) is 24.3 Å². The minimum Gasteiger partial charge on any atom is -0.316 e. The highest BCUT2D eigenvalue weighted by Gasteiger charge is 2.21. The van der Waals surface area contributed by atoms with Crippen molar-refractivity contribution in [3.05, 3.63) is 29.3 Å². The number of nitrogens with one attached hydrogen (secondary N) is 2. The zero-order chi connectivity index (χ0) is 13.0. The molecule has 1 aromatic carbocycles. The lowest BCUT2D eigenvalue weighted by Crippen LogP contribution is -2.35. The minimum absolute atomic E-state index is 0.144. The second kappa shape index (κ2) is 5.91. The number of piperidine rings is 1. The molecule has 0 radical (unpaired) electrons. The number of para-hydroxylation sites is 1. The lowest BCUT2D eigenvalue weighted by atomic mass is 10.0. The highest BCUT2D eigenvalue weighted by atomic mass is 35.5. The molecule has 1 atom stereocenters. The number of hydrogen-bond donors (Lipinski definition) is 2. The SMILES string of the molecule is O=S(=O)(CC1CCCNC1)Nc1ccccc1Cl. The third kappa shape index (κ3) is 3.86. The summed E-state index contributed by atoms with van der Waals surface area (Å²) in [5.41, 5.74) is 0.447. The van der Waals surface area contributed by atoms with Crippen molar-refractivity contribution >= 4 is 27.3 Å². The smallest absolute Gasteiger partial charge is 0.233 e. The van der Waals surface area contributed by atoms with Crippen LogP contribution in [0.3, 0.4) is 0 Å². The molecule has 1 aromatic rings. The summed E-state index contributed by atoms with van der Waals surface area (Å²) < 4.78 is 26.6. The summed E-state index contributed by atoms with van der Waals surface area (Å²) in [5, 5.41) is 3.63. The van der Waals surface area contributed by atoms with E-state index >= 15 is 0 Å². The molecule has 6 heteroatoms. The van der Waals surface area contributed by atoms with Crippen molar-refractivity contribution in [2.45, 2.75) is 12.8 Å². The number of halogens is 1. The summed E-state index contributed by atoms with van der Waals surface area (Å²) in [4.78, 5) is 0. The Morgan fingerprint density at radius 3 is 2.83 bits per heavy atom. The largest absolute Gasteiger partial charge is 0.316 e. The van der Waals surface area contributed by atoms with E-state index in [-0.39, 0.29) is 11.7 Å². The molecule has 0 saturated carbocycles. The van der Waals surface area contributed by atoms with E-state index in [0.29, 0.717) is 10.7 Å².